The van der Waals surface area contributed by atoms with Crippen molar-refractivity contribution in [1.29, 1.82) is 0 Å². The topological polar surface area (TPSA) is 40.5 Å². The van der Waals surface area contributed by atoms with Gasteiger partial charge in [0.15, 0.2) is 0 Å². The Morgan fingerprint density at radius 2 is 2.22 bits per heavy atom. The number of hydrogen-bond acceptors (Lipinski definition) is 4. The van der Waals surface area contributed by atoms with E-state index in [0.29, 0.717) is 0 Å². The second-order valence-electron chi connectivity index (χ2n) is 4.59. The highest BCUT2D eigenvalue weighted by Gasteiger charge is 2.10. The summed E-state index contributed by atoms with van der Waals surface area (Å²) >= 11 is 0. The van der Waals surface area contributed by atoms with Crippen molar-refractivity contribution < 1.29 is 0 Å². The van der Waals surface area contributed by atoms with Crippen molar-refractivity contribution in [2.45, 2.75) is 13.8 Å². The minimum Gasteiger partial charge on any atom is -0.297 e. The third kappa shape index (κ3) is 1.79. The molecule has 4 nitrogen and oxygen atoms in total. The molecule has 0 bridgehead atoms. The maximum atomic E-state index is 4.45. The van der Waals surface area contributed by atoms with Crippen molar-refractivity contribution in [2.75, 3.05) is 18.5 Å². The molecule has 0 unspecified atom stereocenters. The van der Waals surface area contributed by atoms with Gasteiger partial charge in [-0.25, -0.2) is 0 Å². The molecule has 1 aliphatic heterocycles. The maximum Gasteiger partial charge on any atom is 0.104 e. The highest BCUT2D eigenvalue weighted by molar-refractivity contribution is 5.89. The van der Waals surface area contributed by atoms with Crippen LogP contribution >= 0.6 is 0 Å². The fourth-order valence-electron chi connectivity index (χ4n) is 2.30. The monoisotopic (exact) mass is 240 g/mol. The average molecular weight is 240 g/mol. The third-order valence-electron chi connectivity index (χ3n) is 3.31. The molecule has 0 spiro atoms. The van der Waals surface area contributed by atoms with Crippen molar-refractivity contribution in [3.63, 3.8) is 0 Å². The van der Waals surface area contributed by atoms with Gasteiger partial charge in [0, 0.05) is 11.6 Å². The Kier molecular flexibility index (Phi) is 2.63. The average Bonchev–Trinajstić information content (AvgIpc) is 2.89. The van der Waals surface area contributed by atoms with Gasteiger partial charge in [-0.2, -0.15) is 0 Å². The van der Waals surface area contributed by atoms with Crippen LogP contribution in [-0.4, -0.2) is 29.4 Å². The van der Waals surface area contributed by atoms with Gasteiger partial charge in [0.2, 0.25) is 0 Å². The van der Waals surface area contributed by atoms with Crippen LogP contribution < -0.4 is 5.43 Å². The fraction of sp³-hybridized carbons (Fsp3) is 0.286. The van der Waals surface area contributed by atoms with E-state index in [4.69, 9.17) is 0 Å². The van der Waals surface area contributed by atoms with Crippen molar-refractivity contribution in [1.82, 2.24) is 9.99 Å². The predicted molar refractivity (Wildman–Crippen MR) is 74.9 cm³/mol. The summed E-state index contributed by atoms with van der Waals surface area (Å²) in [5.41, 5.74) is 8.02. The summed E-state index contributed by atoms with van der Waals surface area (Å²) in [5.74, 6) is 0. The molecule has 0 fully saturated rings. The molecular weight excluding hydrogens is 224 g/mol. The molecule has 0 saturated heterocycles. The third-order valence-corrected chi connectivity index (χ3v) is 3.31. The van der Waals surface area contributed by atoms with Crippen LogP contribution in [0.4, 0.5) is 5.69 Å². The number of nitrogens with zero attached hydrogens (tertiary/aromatic N) is 3. The summed E-state index contributed by atoms with van der Waals surface area (Å²) in [7, 11) is 0. The molecule has 2 heterocycles. The van der Waals surface area contributed by atoms with E-state index in [1.165, 1.54) is 16.5 Å². The fourth-order valence-corrected chi connectivity index (χ4v) is 2.30. The van der Waals surface area contributed by atoms with E-state index in [9.17, 15) is 0 Å². The molecule has 2 aromatic rings. The lowest BCUT2D eigenvalue weighted by molar-refractivity contribution is 0.557. The number of nitrogens with one attached hydrogen (secondary N) is 1. The Morgan fingerprint density at radius 3 is 3.00 bits per heavy atom. The first-order valence-corrected chi connectivity index (χ1v) is 6.14. The number of aromatic nitrogens is 1. The molecule has 1 N–H and O–H groups in total. The van der Waals surface area contributed by atoms with Gasteiger partial charge in [-0.3, -0.25) is 20.4 Å². The summed E-state index contributed by atoms with van der Waals surface area (Å²) in [4.78, 5) is 8.65. The van der Waals surface area contributed by atoms with Gasteiger partial charge in [0.25, 0.3) is 0 Å². The molecular formula is C14H16N4. The molecule has 0 radical (unpaired) electrons. The normalized spacial score (nSPS) is 14.4. The molecule has 1 aromatic heterocycles. The van der Waals surface area contributed by atoms with Crippen molar-refractivity contribution in [2.24, 2.45) is 4.99 Å². The number of benzene rings is 1. The minimum atomic E-state index is 0.861. The Morgan fingerprint density at radius 1 is 1.33 bits per heavy atom. The molecule has 0 amide bonds. The van der Waals surface area contributed by atoms with Crippen LogP contribution in [0.25, 0.3) is 10.9 Å². The van der Waals surface area contributed by atoms with Crippen LogP contribution in [0.2, 0.25) is 0 Å². The molecule has 1 aromatic carbocycles. The predicted octanol–water partition coefficient (Wildman–Crippen LogP) is 2.52. The van der Waals surface area contributed by atoms with Gasteiger partial charge in [-0.15, -0.1) is 0 Å². The minimum absolute atomic E-state index is 0.861. The SMILES string of the molecule is Cc1c(NN2C=NCC2)cc(C)c2ncccc12. The number of fused-ring (bicyclic) bond motifs is 1. The largest absolute Gasteiger partial charge is 0.297 e. The zero-order valence-corrected chi connectivity index (χ0v) is 10.6. The number of anilines is 1. The first-order valence-electron chi connectivity index (χ1n) is 6.14. The second kappa shape index (κ2) is 4.29. The first kappa shape index (κ1) is 11.0. The molecule has 4 heteroatoms. The van der Waals surface area contributed by atoms with E-state index in [1.807, 2.05) is 23.6 Å². The Bertz CT molecular complexity index is 618. The highest BCUT2D eigenvalue weighted by Crippen LogP contribution is 2.27. The lowest BCUT2D eigenvalue weighted by Crippen LogP contribution is -2.27. The molecule has 0 atom stereocenters. The van der Waals surface area contributed by atoms with Crippen LogP contribution in [0.15, 0.2) is 29.4 Å². The van der Waals surface area contributed by atoms with E-state index in [-0.39, 0.29) is 0 Å². The summed E-state index contributed by atoms with van der Waals surface area (Å²) in [6.45, 7) is 6.00. The molecule has 18 heavy (non-hydrogen) atoms. The number of hydrogen-bond donors (Lipinski definition) is 1. The van der Waals surface area contributed by atoms with Gasteiger partial charge in [-0.05, 0) is 37.1 Å². The van der Waals surface area contributed by atoms with Crippen LogP contribution in [0.5, 0.6) is 0 Å². The zero-order chi connectivity index (χ0) is 12.5. The van der Waals surface area contributed by atoms with Crippen molar-refractivity contribution >= 4 is 22.9 Å². The number of pyridine rings is 1. The van der Waals surface area contributed by atoms with Gasteiger partial charge in [0.1, 0.15) is 6.34 Å². The lowest BCUT2D eigenvalue weighted by Gasteiger charge is -2.20. The summed E-state index contributed by atoms with van der Waals surface area (Å²) < 4.78 is 0. The summed E-state index contributed by atoms with van der Waals surface area (Å²) in [6, 6.07) is 6.25. The van der Waals surface area contributed by atoms with E-state index in [2.05, 4.69) is 41.4 Å². The second-order valence-corrected chi connectivity index (χ2v) is 4.59. The van der Waals surface area contributed by atoms with Gasteiger partial charge in [0.05, 0.1) is 24.3 Å². The number of hydrazine groups is 1. The van der Waals surface area contributed by atoms with Crippen LogP contribution in [0, 0.1) is 13.8 Å². The number of rotatable bonds is 2. The maximum absolute atomic E-state index is 4.45. The Balaban J connectivity index is 2.06. The molecule has 0 aliphatic carbocycles. The van der Waals surface area contributed by atoms with E-state index in [0.717, 1.165) is 24.3 Å². The summed E-state index contributed by atoms with van der Waals surface area (Å²) in [5, 5.41) is 3.22. The van der Waals surface area contributed by atoms with Crippen LogP contribution in [-0.2, 0) is 0 Å². The Labute approximate surface area is 106 Å². The summed E-state index contributed by atoms with van der Waals surface area (Å²) in [6.07, 6.45) is 3.69. The van der Waals surface area contributed by atoms with E-state index < -0.39 is 0 Å². The molecule has 3 rings (SSSR count). The van der Waals surface area contributed by atoms with Crippen LogP contribution in [0.1, 0.15) is 11.1 Å². The standard InChI is InChI=1S/C14H16N4/c1-10-8-13(17-18-7-6-15-9-18)11(2)12-4-3-5-16-14(10)12/h3-5,8-9,17H,6-7H2,1-2H3. The van der Waals surface area contributed by atoms with E-state index in [1.54, 1.807) is 0 Å². The highest BCUT2D eigenvalue weighted by atomic mass is 15.5. The first-order chi connectivity index (χ1) is 8.75. The quantitative estimate of drug-likeness (QED) is 0.877. The van der Waals surface area contributed by atoms with Crippen molar-refractivity contribution in [3.05, 3.63) is 35.5 Å². The van der Waals surface area contributed by atoms with Gasteiger partial charge < -0.3 is 0 Å². The molecule has 0 saturated carbocycles. The van der Waals surface area contributed by atoms with Crippen molar-refractivity contribution in [3.8, 4) is 0 Å². The molecule has 92 valence electrons. The lowest BCUT2D eigenvalue weighted by atomic mass is 10.0. The zero-order valence-electron chi connectivity index (χ0n) is 10.6. The smallest absolute Gasteiger partial charge is 0.104 e. The molecule has 1 aliphatic rings. The number of aryl methyl sites for hydroxylation is 2. The van der Waals surface area contributed by atoms with Gasteiger partial charge >= 0.3 is 0 Å². The van der Waals surface area contributed by atoms with Crippen LogP contribution in [0.3, 0.4) is 0 Å². The van der Waals surface area contributed by atoms with E-state index >= 15 is 0 Å². The Hall–Kier alpha value is -2.10. The van der Waals surface area contributed by atoms with Gasteiger partial charge in [-0.1, -0.05) is 6.07 Å². The number of aliphatic imine (C=N–C) groups is 1.